The molecule has 0 radical (unpaired) electrons. The smallest absolute Gasteiger partial charge is 0.351 e. The zero-order valence-electron chi connectivity index (χ0n) is 11.9. The van der Waals surface area contributed by atoms with Gasteiger partial charge in [0.05, 0.1) is 9.85 Å². The molecule has 124 valence electrons. The van der Waals surface area contributed by atoms with E-state index in [1.54, 1.807) is 0 Å². The van der Waals surface area contributed by atoms with Gasteiger partial charge in [0.15, 0.2) is 11.1 Å². The number of benzene rings is 2. The highest BCUT2D eigenvalue weighted by molar-refractivity contribution is 6.07. The highest BCUT2D eigenvalue weighted by atomic mass is 16.6. The van der Waals surface area contributed by atoms with Crippen LogP contribution in [0.5, 0.6) is 23.0 Å². The van der Waals surface area contributed by atoms with E-state index in [9.17, 15) is 29.8 Å². The largest absolute Gasteiger partial charge is 0.455 e. The van der Waals surface area contributed by atoms with Crippen LogP contribution in [0.2, 0.25) is 0 Å². The SMILES string of the molecule is O=C1Oc2c([N+](=O)[O-])ccc(Oc3ccc([N+](=O)[O-])c4c3C(=O)O4)c21. The molecule has 11 nitrogen and oxygen atoms in total. The fraction of sp³-hybridized carbons (Fsp3) is 0. The molecule has 2 aliphatic heterocycles. The fourth-order valence-corrected chi connectivity index (χ4v) is 2.47. The molecule has 0 aromatic heterocycles. The summed E-state index contributed by atoms with van der Waals surface area (Å²) in [6, 6.07) is 4.51. The number of nitro benzene ring substituents is 2. The number of nitro groups is 2. The molecule has 4 rings (SSSR count). The van der Waals surface area contributed by atoms with E-state index in [1.807, 2.05) is 0 Å². The molecular weight excluding hydrogens is 340 g/mol. The number of nitrogens with zero attached hydrogens (tertiary/aromatic N) is 2. The Labute approximate surface area is 136 Å². The number of hydrogen-bond acceptors (Lipinski definition) is 9. The summed E-state index contributed by atoms with van der Waals surface area (Å²) in [6.07, 6.45) is 0. The van der Waals surface area contributed by atoms with E-state index in [4.69, 9.17) is 4.74 Å². The van der Waals surface area contributed by atoms with Crippen LogP contribution < -0.4 is 14.2 Å². The van der Waals surface area contributed by atoms with Crippen LogP contribution >= 0.6 is 0 Å². The van der Waals surface area contributed by atoms with Gasteiger partial charge in [-0.15, -0.1) is 0 Å². The normalized spacial score (nSPS) is 13.4. The molecule has 0 amide bonds. The fourth-order valence-electron chi connectivity index (χ4n) is 2.47. The Bertz CT molecular complexity index is 946. The van der Waals surface area contributed by atoms with Crippen LogP contribution in [0.25, 0.3) is 0 Å². The minimum Gasteiger partial charge on any atom is -0.455 e. The monoisotopic (exact) mass is 344 g/mol. The second-order valence-corrected chi connectivity index (χ2v) is 4.97. The van der Waals surface area contributed by atoms with E-state index in [2.05, 4.69) is 9.47 Å². The molecular formula is C14H4N2O9. The van der Waals surface area contributed by atoms with E-state index >= 15 is 0 Å². The number of hydrogen-bond donors (Lipinski definition) is 0. The molecule has 0 unspecified atom stereocenters. The summed E-state index contributed by atoms with van der Waals surface area (Å²) in [5, 5.41) is 21.8. The molecule has 0 aliphatic carbocycles. The van der Waals surface area contributed by atoms with Crippen LogP contribution in [0.1, 0.15) is 20.7 Å². The van der Waals surface area contributed by atoms with Crippen LogP contribution in [0.4, 0.5) is 11.4 Å². The summed E-state index contributed by atoms with van der Waals surface area (Å²) in [6.45, 7) is 0. The Morgan fingerprint density at radius 3 is 1.48 bits per heavy atom. The zero-order chi connectivity index (χ0) is 17.9. The van der Waals surface area contributed by atoms with Gasteiger partial charge in [-0.25, -0.2) is 9.59 Å². The van der Waals surface area contributed by atoms with Gasteiger partial charge < -0.3 is 14.2 Å². The number of esters is 2. The summed E-state index contributed by atoms with van der Waals surface area (Å²) in [5.41, 5.74) is -1.10. The van der Waals surface area contributed by atoms with Gasteiger partial charge in [0, 0.05) is 12.1 Å². The maximum absolute atomic E-state index is 11.6. The predicted octanol–water partition coefficient (Wildman–Crippen LogP) is 2.36. The number of ether oxygens (including phenoxy) is 3. The highest BCUT2D eigenvalue weighted by Crippen LogP contribution is 2.48. The minimum absolute atomic E-state index is 0.0763. The summed E-state index contributed by atoms with van der Waals surface area (Å²) in [7, 11) is 0. The minimum atomic E-state index is -0.822. The van der Waals surface area contributed by atoms with E-state index in [0.29, 0.717) is 0 Å². The third-order valence-corrected chi connectivity index (χ3v) is 3.61. The van der Waals surface area contributed by atoms with E-state index in [1.165, 1.54) is 12.1 Å². The molecule has 0 saturated heterocycles. The number of rotatable bonds is 4. The van der Waals surface area contributed by atoms with Gasteiger partial charge in [0.1, 0.15) is 11.5 Å². The van der Waals surface area contributed by atoms with Crippen molar-refractivity contribution in [3.05, 3.63) is 55.6 Å². The second kappa shape index (κ2) is 4.74. The molecule has 11 heteroatoms. The molecule has 2 aliphatic rings. The first-order valence-corrected chi connectivity index (χ1v) is 6.63. The van der Waals surface area contributed by atoms with Crippen molar-refractivity contribution in [1.29, 1.82) is 0 Å². The summed E-state index contributed by atoms with van der Waals surface area (Å²) in [4.78, 5) is 43.5. The molecule has 2 aromatic rings. The average Bonchev–Trinajstić information content (AvgIpc) is 2.51. The van der Waals surface area contributed by atoms with Crippen molar-refractivity contribution in [2.75, 3.05) is 0 Å². The third-order valence-electron chi connectivity index (χ3n) is 3.61. The van der Waals surface area contributed by atoms with Crippen LogP contribution in [0.3, 0.4) is 0 Å². The van der Waals surface area contributed by atoms with Gasteiger partial charge in [-0.1, -0.05) is 0 Å². The molecule has 0 atom stereocenters. The quantitative estimate of drug-likeness (QED) is 0.462. The Hall–Kier alpha value is -4.02. The standard InChI is InChI=1S/C14H4N2O9/c17-13-9-7(3-1-5(15(19)20)11(9)24-13)23-8-4-2-6(16(21)22)12-10(8)14(18)25-12/h1-4H. The van der Waals surface area contributed by atoms with E-state index in [-0.39, 0.29) is 34.1 Å². The first-order valence-electron chi connectivity index (χ1n) is 6.63. The lowest BCUT2D eigenvalue weighted by molar-refractivity contribution is -0.386. The van der Waals surface area contributed by atoms with Crippen molar-refractivity contribution < 1.29 is 33.6 Å². The lowest BCUT2D eigenvalue weighted by Gasteiger charge is -2.23. The van der Waals surface area contributed by atoms with Gasteiger partial charge in [0.2, 0.25) is 11.5 Å². The second-order valence-electron chi connectivity index (χ2n) is 4.97. The van der Waals surface area contributed by atoms with E-state index < -0.39 is 33.2 Å². The summed E-state index contributed by atoms with van der Waals surface area (Å²) in [5.74, 6) is -2.28. The van der Waals surface area contributed by atoms with Crippen LogP contribution in [0, 0.1) is 20.2 Å². The first kappa shape index (κ1) is 14.6. The number of carbonyl (C=O) groups is 2. The van der Waals surface area contributed by atoms with Crippen molar-refractivity contribution in [2.24, 2.45) is 0 Å². The maximum atomic E-state index is 11.6. The van der Waals surface area contributed by atoms with Crippen molar-refractivity contribution in [1.82, 2.24) is 0 Å². The molecule has 25 heavy (non-hydrogen) atoms. The third kappa shape index (κ3) is 1.92. The van der Waals surface area contributed by atoms with Crippen LogP contribution in [0.15, 0.2) is 24.3 Å². The Morgan fingerprint density at radius 1 is 0.760 bits per heavy atom. The van der Waals surface area contributed by atoms with Crippen molar-refractivity contribution >= 4 is 23.3 Å². The molecule has 0 bridgehead atoms. The molecule has 0 saturated carbocycles. The Kier molecular flexibility index (Phi) is 2.76. The zero-order valence-corrected chi connectivity index (χ0v) is 11.9. The van der Waals surface area contributed by atoms with Crippen molar-refractivity contribution in [3.8, 4) is 23.0 Å². The Balaban J connectivity index is 1.78. The number of carbonyl (C=O) groups excluding carboxylic acids is 2. The van der Waals surface area contributed by atoms with Crippen LogP contribution in [-0.4, -0.2) is 21.8 Å². The predicted molar refractivity (Wildman–Crippen MR) is 76.2 cm³/mol. The molecule has 2 aromatic carbocycles. The van der Waals surface area contributed by atoms with Crippen LogP contribution in [-0.2, 0) is 0 Å². The van der Waals surface area contributed by atoms with Gasteiger partial charge in [-0.05, 0) is 12.1 Å². The molecule has 0 spiro atoms. The van der Waals surface area contributed by atoms with Gasteiger partial charge in [-0.3, -0.25) is 20.2 Å². The Morgan fingerprint density at radius 2 is 1.16 bits per heavy atom. The van der Waals surface area contributed by atoms with Gasteiger partial charge in [-0.2, -0.15) is 0 Å². The molecule has 2 heterocycles. The van der Waals surface area contributed by atoms with Crippen molar-refractivity contribution in [3.63, 3.8) is 0 Å². The van der Waals surface area contributed by atoms with Gasteiger partial charge >= 0.3 is 23.3 Å². The summed E-state index contributed by atoms with van der Waals surface area (Å²) < 4.78 is 14.8. The van der Waals surface area contributed by atoms with E-state index in [0.717, 1.165) is 12.1 Å². The number of fused-ring (bicyclic) bond motifs is 2. The first-order chi connectivity index (χ1) is 11.9. The highest BCUT2D eigenvalue weighted by Gasteiger charge is 2.41. The molecule has 0 fully saturated rings. The maximum Gasteiger partial charge on any atom is 0.351 e. The average molecular weight is 344 g/mol. The molecule has 0 N–H and O–H groups in total. The van der Waals surface area contributed by atoms with Crippen molar-refractivity contribution in [2.45, 2.75) is 0 Å². The topological polar surface area (TPSA) is 148 Å². The lowest BCUT2D eigenvalue weighted by atomic mass is 10.1. The summed E-state index contributed by atoms with van der Waals surface area (Å²) >= 11 is 0. The lowest BCUT2D eigenvalue weighted by Crippen LogP contribution is -2.25. The van der Waals surface area contributed by atoms with Gasteiger partial charge in [0.25, 0.3) is 0 Å².